The molecular formula is C36H36Si. The van der Waals surface area contributed by atoms with Crippen molar-refractivity contribution in [2.24, 2.45) is 11.8 Å². The molecule has 0 spiro atoms. The maximum absolute atomic E-state index is 2.54. The maximum atomic E-state index is 2.52. The lowest BCUT2D eigenvalue weighted by Gasteiger charge is -2.46. The molecular weight excluding hydrogens is 460 g/mol. The molecule has 4 aliphatic rings. The molecule has 0 aromatic heterocycles. The fourth-order valence-corrected chi connectivity index (χ4v) is 14.0. The minimum absolute atomic E-state index is 0.367. The summed E-state index contributed by atoms with van der Waals surface area (Å²) < 4.78 is 0. The van der Waals surface area contributed by atoms with E-state index in [0.717, 1.165) is 0 Å². The van der Waals surface area contributed by atoms with E-state index >= 15 is 0 Å². The van der Waals surface area contributed by atoms with Crippen molar-refractivity contribution in [1.82, 2.24) is 0 Å². The zero-order valence-corrected chi connectivity index (χ0v) is 23.4. The minimum atomic E-state index is -2.54. The second-order valence-electron chi connectivity index (χ2n) is 11.1. The summed E-state index contributed by atoms with van der Waals surface area (Å²) in [6.45, 7) is 9.49. The van der Waals surface area contributed by atoms with Gasteiger partial charge in [-0.1, -0.05) is 157 Å². The summed E-state index contributed by atoms with van der Waals surface area (Å²) in [5.74, 6) is 0.834. The largest absolute Gasteiger partial charge is 0.140 e. The summed E-state index contributed by atoms with van der Waals surface area (Å²) in [5.41, 5.74) is 9.81. The Morgan fingerprint density at radius 1 is 0.514 bits per heavy atom. The second kappa shape index (κ2) is 9.47. The summed E-state index contributed by atoms with van der Waals surface area (Å²) in [6, 6.07) is 23.1. The van der Waals surface area contributed by atoms with Crippen LogP contribution in [0, 0.1) is 11.8 Å². The lowest BCUT2D eigenvalue weighted by molar-refractivity contribution is 0.882. The number of allylic oxidation sites excluding steroid dienone is 16. The van der Waals surface area contributed by atoms with Gasteiger partial charge in [0.1, 0.15) is 8.07 Å². The van der Waals surface area contributed by atoms with Gasteiger partial charge in [0.15, 0.2) is 0 Å². The lowest BCUT2D eigenvalue weighted by Crippen LogP contribution is -2.65. The third-order valence-corrected chi connectivity index (χ3v) is 14.9. The number of hydrogen-bond donors (Lipinski definition) is 0. The summed E-state index contributed by atoms with van der Waals surface area (Å²) >= 11 is 0. The first-order valence-electron chi connectivity index (χ1n) is 13.7. The quantitative estimate of drug-likeness (QED) is 0.376. The van der Waals surface area contributed by atoms with Gasteiger partial charge >= 0.3 is 0 Å². The van der Waals surface area contributed by atoms with Crippen molar-refractivity contribution in [3.63, 3.8) is 0 Å². The third kappa shape index (κ3) is 3.71. The second-order valence-corrected chi connectivity index (χ2v) is 15.2. The van der Waals surface area contributed by atoms with Crippen LogP contribution < -0.4 is 10.4 Å². The molecule has 0 radical (unpaired) electrons. The maximum Gasteiger partial charge on any atom is 0.140 e. The number of benzene rings is 2. The Kier molecular flexibility index (Phi) is 6.13. The highest BCUT2D eigenvalue weighted by Crippen LogP contribution is 2.56. The van der Waals surface area contributed by atoms with Crippen molar-refractivity contribution in [3.05, 3.63) is 155 Å². The van der Waals surface area contributed by atoms with Crippen LogP contribution in [-0.2, 0) is 0 Å². The first-order valence-corrected chi connectivity index (χ1v) is 15.8. The van der Waals surface area contributed by atoms with Crippen molar-refractivity contribution in [2.75, 3.05) is 0 Å². The van der Waals surface area contributed by atoms with Crippen molar-refractivity contribution in [3.8, 4) is 0 Å². The average molecular weight is 497 g/mol. The fraction of sp³-hybridized carbons (Fsp3) is 0.222. The molecule has 0 saturated carbocycles. The van der Waals surface area contributed by atoms with Crippen molar-refractivity contribution in [1.29, 1.82) is 0 Å². The highest BCUT2D eigenvalue weighted by Gasteiger charge is 2.56. The van der Waals surface area contributed by atoms with E-state index in [0.29, 0.717) is 22.9 Å². The molecule has 0 fully saturated rings. The van der Waals surface area contributed by atoms with Crippen LogP contribution in [-0.4, -0.2) is 8.07 Å². The first kappa shape index (κ1) is 23.9. The van der Waals surface area contributed by atoms with E-state index in [-0.39, 0.29) is 0 Å². The molecule has 4 aliphatic carbocycles. The molecule has 0 saturated heterocycles. The van der Waals surface area contributed by atoms with Gasteiger partial charge in [0.05, 0.1) is 0 Å². The summed E-state index contributed by atoms with van der Waals surface area (Å²) in [5, 5.41) is 3.05. The summed E-state index contributed by atoms with van der Waals surface area (Å²) in [6.07, 6.45) is 23.6. The van der Waals surface area contributed by atoms with Gasteiger partial charge in [-0.2, -0.15) is 0 Å². The van der Waals surface area contributed by atoms with E-state index in [1.165, 1.54) is 43.8 Å². The van der Waals surface area contributed by atoms with E-state index in [1.54, 1.807) is 0 Å². The molecule has 2 aromatic carbocycles. The molecule has 4 unspecified atom stereocenters. The van der Waals surface area contributed by atoms with Crippen LogP contribution >= 0.6 is 0 Å². The van der Waals surface area contributed by atoms with Crippen LogP contribution in [0.25, 0.3) is 0 Å². The normalized spacial score (nSPS) is 26.6. The van der Waals surface area contributed by atoms with E-state index in [2.05, 4.69) is 149 Å². The molecule has 0 aliphatic heterocycles. The van der Waals surface area contributed by atoms with Crippen LogP contribution in [0.4, 0.5) is 0 Å². The van der Waals surface area contributed by atoms with Gasteiger partial charge in [0.2, 0.25) is 0 Å². The van der Waals surface area contributed by atoms with Crippen LogP contribution in [0.15, 0.2) is 155 Å². The predicted molar refractivity (Wildman–Crippen MR) is 162 cm³/mol. The highest BCUT2D eigenvalue weighted by atomic mass is 28.3. The predicted octanol–water partition coefficient (Wildman–Crippen LogP) is 8.03. The van der Waals surface area contributed by atoms with Gasteiger partial charge in [0.25, 0.3) is 0 Å². The van der Waals surface area contributed by atoms with Crippen LogP contribution in [0.3, 0.4) is 0 Å². The highest BCUT2D eigenvalue weighted by molar-refractivity contribution is 7.06. The van der Waals surface area contributed by atoms with Crippen molar-refractivity contribution in [2.45, 2.75) is 38.8 Å². The van der Waals surface area contributed by atoms with E-state index in [9.17, 15) is 0 Å². The molecule has 0 amide bonds. The van der Waals surface area contributed by atoms with Crippen LogP contribution in [0.1, 0.15) is 27.7 Å². The molecule has 1 heteroatoms. The Morgan fingerprint density at radius 2 is 0.919 bits per heavy atom. The number of hydrogen-bond acceptors (Lipinski definition) is 0. The van der Waals surface area contributed by atoms with E-state index < -0.39 is 8.07 Å². The first-order chi connectivity index (χ1) is 18.0. The smallest absolute Gasteiger partial charge is 0.0773 e. The Hall–Kier alpha value is -3.42. The monoisotopic (exact) mass is 496 g/mol. The molecule has 0 bridgehead atoms. The van der Waals surface area contributed by atoms with Gasteiger partial charge in [-0.25, -0.2) is 0 Å². The van der Waals surface area contributed by atoms with Gasteiger partial charge in [0, 0.05) is 11.1 Å². The zero-order valence-electron chi connectivity index (χ0n) is 22.4. The fourth-order valence-electron chi connectivity index (χ4n) is 7.45. The lowest BCUT2D eigenvalue weighted by atomic mass is 9.99. The Bertz CT molecular complexity index is 1340. The molecule has 2 aromatic rings. The average Bonchev–Trinajstić information content (AvgIpc) is 3.29. The van der Waals surface area contributed by atoms with Crippen LogP contribution in [0.5, 0.6) is 0 Å². The number of rotatable bonds is 4. The topological polar surface area (TPSA) is 0 Å². The molecule has 4 atom stereocenters. The third-order valence-electron chi connectivity index (χ3n) is 8.93. The molecule has 0 heterocycles. The van der Waals surface area contributed by atoms with Gasteiger partial charge in [-0.05, 0) is 48.0 Å². The Labute approximate surface area is 223 Å². The van der Waals surface area contributed by atoms with Crippen molar-refractivity contribution < 1.29 is 0 Å². The van der Waals surface area contributed by atoms with Gasteiger partial charge in [-0.15, -0.1) is 0 Å². The molecule has 37 heavy (non-hydrogen) atoms. The molecule has 0 N–H and O–H groups in total. The van der Waals surface area contributed by atoms with E-state index in [1.807, 2.05) is 0 Å². The Morgan fingerprint density at radius 3 is 1.32 bits per heavy atom. The summed E-state index contributed by atoms with van der Waals surface area (Å²) in [4.78, 5) is 0. The van der Waals surface area contributed by atoms with Gasteiger partial charge in [-0.3, -0.25) is 0 Å². The Balaban J connectivity index is 1.72. The van der Waals surface area contributed by atoms with E-state index in [4.69, 9.17) is 0 Å². The van der Waals surface area contributed by atoms with Gasteiger partial charge < -0.3 is 0 Å². The minimum Gasteiger partial charge on any atom is -0.0773 e. The molecule has 6 rings (SSSR count). The zero-order chi connectivity index (χ0) is 25.6. The summed E-state index contributed by atoms with van der Waals surface area (Å²) in [7, 11) is -2.54. The standard InChI is InChI=1S/C36H36Si/c1-25-15-11-13-21-31-33(25)23-27(3)35(31)37(29-17-7-5-8-18-29,30-19-9-6-10-20-30)36-28(4)24-34-26(2)16-12-14-22-32(34)36/h5-26,35-36H,1-4H3. The molecule has 0 nitrogen and oxygen atoms in total. The molecule has 184 valence electrons. The van der Waals surface area contributed by atoms with Crippen molar-refractivity contribution >= 4 is 18.4 Å². The van der Waals surface area contributed by atoms with Crippen LogP contribution in [0.2, 0.25) is 11.1 Å². The SMILES string of the molecule is CC1=CC2=C(C=CC=CC2C)C1[Si](c1ccccc1)(c1ccccc1)C1C(C)=CC2=C1C=CC=CC2C.